The lowest BCUT2D eigenvalue weighted by Gasteiger charge is -2.38. The Balaban J connectivity index is 1.28. The minimum absolute atomic E-state index is 0.0561. The number of benzene rings is 2. The third-order valence-corrected chi connectivity index (χ3v) is 6.52. The average molecular weight is 423 g/mol. The number of carbonyl (C=O) groups is 1. The number of nitrogens with one attached hydrogen (secondary N) is 1. The summed E-state index contributed by atoms with van der Waals surface area (Å²) in [7, 11) is 1.69. The second kappa shape index (κ2) is 10.1. The van der Waals surface area contributed by atoms with E-state index in [-0.39, 0.29) is 11.9 Å². The molecule has 2 fully saturated rings. The Labute approximate surface area is 185 Å². The Bertz CT molecular complexity index is 856. The number of hydrogen-bond donors (Lipinski definition) is 1. The highest BCUT2D eigenvalue weighted by atomic mass is 16.5. The van der Waals surface area contributed by atoms with Gasteiger partial charge in [0.05, 0.1) is 13.2 Å². The van der Waals surface area contributed by atoms with Crippen LogP contribution in [0.1, 0.15) is 26.2 Å². The third kappa shape index (κ3) is 5.31. The molecule has 31 heavy (non-hydrogen) atoms. The van der Waals surface area contributed by atoms with Crippen LogP contribution in [0.15, 0.2) is 48.5 Å². The van der Waals surface area contributed by atoms with Gasteiger partial charge in [0.25, 0.3) is 0 Å². The van der Waals surface area contributed by atoms with E-state index in [0.29, 0.717) is 0 Å². The SMILES string of the molecule is COc1cccc(N2CCN([C@@H](C)C(=O)Nc3ccc(N4CCCCC4)cc3)CC2)c1. The Kier molecular flexibility index (Phi) is 6.97. The maximum absolute atomic E-state index is 12.8. The second-order valence-electron chi connectivity index (χ2n) is 8.48. The molecule has 0 bridgehead atoms. The molecule has 1 atom stereocenters. The van der Waals surface area contributed by atoms with Gasteiger partial charge in [0.15, 0.2) is 0 Å². The fraction of sp³-hybridized carbons (Fsp3) is 0.480. The van der Waals surface area contributed by atoms with Gasteiger partial charge in [-0.2, -0.15) is 0 Å². The number of carbonyl (C=O) groups excluding carboxylic acids is 1. The van der Waals surface area contributed by atoms with Crippen molar-refractivity contribution in [2.45, 2.75) is 32.2 Å². The molecule has 2 aliphatic rings. The van der Waals surface area contributed by atoms with Crippen LogP contribution in [0.2, 0.25) is 0 Å². The quantitative estimate of drug-likeness (QED) is 0.767. The van der Waals surface area contributed by atoms with Crippen LogP contribution in [-0.4, -0.2) is 63.2 Å². The summed E-state index contributed by atoms with van der Waals surface area (Å²) in [5.41, 5.74) is 3.29. The zero-order valence-electron chi connectivity index (χ0n) is 18.7. The number of ether oxygens (including phenoxy) is 1. The molecule has 2 aromatic rings. The average Bonchev–Trinajstić information content (AvgIpc) is 2.84. The van der Waals surface area contributed by atoms with Crippen LogP contribution in [0.3, 0.4) is 0 Å². The molecule has 2 saturated heterocycles. The molecule has 0 aliphatic carbocycles. The van der Waals surface area contributed by atoms with Gasteiger partial charge < -0.3 is 19.9 Å². The minimum atomic E-state index is -0.158. The van der Waals surface area contributed by atoms with Crippen molar-refractivity contribution in [1.82, 2.24) is 4.90 Å². The summed E-state index contributed by atoms with van der Waals surface area (Å²) in [6, 6.07) is 16.3. The second-order valence-corrected chi connectivity index (χ2v) is 8.48. The first-order valence-electron chi connectivity index (χ1n) is 11.4. The Hall–Kier alpha value is -2.73. The minimum Gasteiger partial charge on any atom is -0.497 e. The molecule has 166 valence electrons. The van der Waals surface area contributed by atoms with Crippen LogP contribution in [0.25, 0.3) is 0 Å². The highest BCUT2D eigenvalue weighted by Gasteiger charge is 2.26. The molecule has 2 heterocycles. The van der Waals surface area contributed by atoms with E-state index in [4.69, 9.17) is 4.74 Å². The summed E-state index contributed by atoms with van der Waals surface area (Å²) >= 11 is 0. The molecule has 0 aromatic heterocycles. The maximum atomic E-state index is 12.8. The van der Waals surface area contributed by atoms with Gasteiger partial charge in [0, 0.05) is 62.4 Å². The van der Waals surface area contributed by atoms with Crippen LogP contribution in [-0.2, 0) is 4.79 Å². The molecule has 2 aromatic carbocycles. The van der Waals surface area contributed by atoms with E-state index in [1.54, 1.807) is 7.11 Å². The Morgan fingerprint density at radius 3 is 2.23 bits per heavy atom. The monoisotopic (exact) mass is 422 g/mol. The van der Waals surface area contributed by atoms with Crippen molar-refractivity contribution in [2.24, 2.45) is 0 Å². The summed E-state index contributed by atoms with van der Waals surface area (Å²) in [4.78, 5) is 19.9. The number of methoxy groups -OCH3 is 1. The molecule has 0 radical (unpaired) electrons. The molecular formula is C25H34N4O2. The lowest BCUT2D eigenvalue weighted by molar-refractivity contribution is -0.120. The largest absolute Gasteiger partial charge is 0.497 e. The zero-order valence-corrected chi connectivity index (χ0v) is 18.7. The topological polar surface area (TPSA) is 48.1 Å². The van der Waals surface area contributed by atoms with Gasteiger partial charge in [-0.15, -0.1) is 0 Å². The normalized spacial score (nSPS) is 18.5. The number of piperazine rings is 1. The summed E-state index contributed by atoms with van der Waals surface area (Å²) in [6.45, 7) is 7.78. The summed E-state index contributed by atoms with van der Waals surface area (Å²) in [5, 5.41) is 3.10. The van der Waals surface area contributed by atoms with E-state index in [1.807, 2.05) is 31.2 Å². The van der Waals surface area contributed by atoms with E-state index >= 15 is 0 Å². The van der Waals surface area contributed by atoms with Crippen molar-refractivity contribution in [3.63, 3.8) is 0 Å². The highest BCUT2D eigenvalue weighted by molar-refractivity contribution is 5.94. The number of piperidine rings is 1. The fourth-order valence-corrected chi connectivity index (χ4v) is 4.49. The highest BCUT2D eigenvalue weighted by Crippen LogP contribution is 2.24. The van der Waals surface area contributed by atoms with Gasteiger partial charge in [-0.25, -0.2) is 0 Å². The first kappa shape index (κ1) is 21.5. The first-order valence-corrected chi connectivity index (χ1v) is 11.4. The predicted molar refractivity (Wildman–Crippen MR) is 127 cm³/mol. The molecule has 1 amide bonds. The van der Waals surface area contributed by atoms with Crippen LogP contribution in [0.5, 0.6) is 5.75 Å². The van der Waals surface area contributed by atoms with Crippen molar-refractivity contribution < 1.29 is 9.53 Å². The molecule has 2 aliphatic heterocycles. The number of rotatable bonds is 6. The van der Waals surface area contributed by atoms with Crippen LogP contribution >= 0.6 is 0 Å². The number of nitrogens with zero attached hydrogens (tertiary/aromatic N) is 3. The summed E-state index contributed by atoms with van der Waals surface area (Å²) in [5.74, 6) is 0.930. The van der Waals surface area contributed by atoms with Gasteiger partial charge in [0.1, 0.15) is 5.75 Å². The fourth-order valence-electron chi connectivity index (χ4n) is 4.49. The van der Waals surface area contributed by atoms with E-state index in [1.165, 1.54) is 30.6 Å². The van der Waals surface area contributed by atoms with E-state index in [2.05, 4.69) is 44.3 Å². The molecule has 1 N–H and O–H groups in total. The maximum Gasteiger partial charge on any atom is 0.241 e. The van der Waals surface area contributed by atoms with Crippen molar-refractivity contribution >= 4 is 23.0 Å². The van der Waals surface area contributed by atoms with Gasteiger partial charge in [-0.1, -0.05) is 6.07 Å². The molecule has 6 heteroatoms. The number of hydrogen-bond acceptors (Lipinski definition) is 5. The molecule has 0 unspecified atom stereocenters. The molecular weight excluding hydrogens is 388 g/mol. The number of anilines is 3. The van der Waals surface area contributed by atoms with Gasteiger partial charge >= 0.3 is 0 Å². The summed E-state index contributed by atoms with van der Waals surface area (Å²) in [6.07, 6.45) is 3.86. The molecule has 0 saturated carbocycles. The lowest BCUT2D eigenvalue weighted by atomic mass is 10.1. The van der Waals surface area contributed by atoms with E-state index < -0.39 is 0 Å². The smallest absolute Gasteiger partial charge is 0.241 e. The van der Waals surface area contributed by atoms with Crippen molar-refractivity contribution in [3.8, 4) is 5.75 Å². The Morgan fingerprint density at radius 1 is 0.871 bits per heavy atom. The lowest BCUT2D eigenvalue weighted by Crippen LogP contribution is -2.52. The van der Waals surface area contributed by atoms with E-state index in [9.17, 15) is 4.79 Å². The Morgan fingerprint density at radius 2 is 1.55 bits per heavy atom. The summed E-state index contributed by atoms with van der Waals surface area (Å²) < 4.78 is 5.34. The predicted octanol–water partition coefficient (Wildman–Crippen LogP) is 3.83. The number of amides is 1. The van der Waals surface area contributed by atoms with Gasteiger partial charge in [-0.05, 0) is 62.6 Å². The van der Waals surface area contributed by atoms with E-state index in [0.717, 1.165) is 50.7 Å². The van der Waals surface area contributed by atoms with Crippen LogP contribution in [0.4, 0.5) is 17.1 Å². The van der Waals surface area contributed by atoms with Crippen molar-refractivity contribution in [2.75, 3.05) is 61.5 Å². The molecule has 4 rings (SSSR count). The first-order chi connectivity index (χ1) is 15.1. The van der Waals surface area contributed by atoms with Crippen molar-refractivity contribution in [3.05, 3.63) is 48.5 Å². The van der Waals surface area contributed by atoms with Crippen molar-refractivity contribution in [1.29, 1.82) is 0 Å². The molecule has 6 nitrogen and oxygen atoms in total. The third-order valence-electron chi connectivity index (χ3n) is 6.52. The van der Waals surface area contributed by atoms with Gasteiger partial charge in [0.2, 0.25) is 5.91 Å². The van der Waals surface area contributed by atoms with Gasteiger partial charge in [-0.3, -0.25) is 9.69 Å². The van der Waals surface area contributed by atoms with Crippen LogP contribution < -0.4 is 19.9 Å². The molecule has 0 spiro atoms. The zero-order chi connectivity index (χ0) is 21.6. The van der Waals surface area contributed by atoms with Crippen LogP contribution in [0, 0.1) is 0 Å². The standard InChI is InChI=1S/C25H34N4O2/c1-20(27-15-17-29(18-16-27)23-7-6-8-24(19-23)31-2)25(30)26-21-9-11-22(12-10-21)28-13-4-3-5-14-28/h6-12,19-20H,3-5,13-18H2,1-2H3,(H,26,30)/t20-/m0/s1.